The van der Waals surface area contributed by atoms with Gasteiger partial charge < -0.3 is 19.3 Å². The molecular weight excluding hydrogens is 640 g/mol. The van der Waals surface area contributed by atoms with Gasteiger partial charge in [0, 0.05) is 73.5 Å². The Morgan fingerprint density at radius 2 is 1.00 bits per heavy atom. The average molecular weight is 676 g/mol. The first-order valence-electron chi connectivity index (χ1n) is 12.9. The summed E-state index contributed by atoms with van der Waals surface area (Å²) in [5, 5.41) is 3.82. The van der Waals surface area contributed by atoms with Crippen molar-refractivity contribution in [3.63, 3.8) is 0 Å². The van der Waals surface area contributed by atoms with E-state index in [0.29, 0.717) is 11.5 Å². The van der Waals surface area contributed by atoms with Gasteiger partial charge >= 0.3 is 12.2 Å². The predicted octanol–water partition coefficient (Wildman–Crippen LogP) is 7.41. The van der Waals surface area contributed by atoms with Gasteiger partial charge in [-0.2, -0.15) is 0 Å². The zero-order valence-electron chi connectivity index (χ0n) is 23.3. The Morgan fingerprint density at radius 1 is 0.600 bits per heavy atom. The molecule has 0 aliphatic carbocycles. The van der Waals surface area contributed by atoms with Crippen molar-refractivity contribution in [1.29, 1.82) is 0 Å². The fraction of sp³-hybridized carbons (Fsp3) is 0.333. The molecule has 0 atom stereocenters. The van der Waals surface area contributed by atoms with Crippen LogP contribution >= 0.6 is 34.0 Å². The predicted molar refractivity (Wildman–Crippen MR) is 169 cm³/mol. The number of pyridine rings is 2. The quantitative estimate of drug-likeness (QED) is 0.172. The summed E-state index contributed by atoms with van der Waals surface area (Å²) in [7, 11) is 6.65. The van der Waals surface area contributed by atoms with Crippen molar-refractivity contribution < 1.29 is 19.1 Å². The molecule has 0 aliphatic rings. The van der Waals surface area contributed by atoms with Crippen LogP contribution in [-0.2, 0) is 12.8 Å². The van der Waals surface area contributed by atoms with Crippen LogP contribution in [0.4, 0.5) is 9.59 Å². The Hall–Kier alpha value is -3.24. The van der Waals surface area contributed by atoms with E-state index in [1.54, 1.807) is 40.6 Å². The fourth-order valence-corrected chi connectivity index (χ4v) is 4.36. The summed E-state index contributed by atoms with van der Waals surface area (Å²) in [6.45, 7) is 0. The molecule has 40 heavy (non-hydrogen) atoms. The van der Waals surface area contributed by atoms with Crippen LogP contribution in [0.1, 0.15) is 37.1 Å². The Balaban J connectivity index is 0.00000280. The second kappa shape index (κ2) is 15.5. The van der Waals surface area contributed by atoms with Crippen molar-refractivity contribution in [1.82, 2.24) is 19.8 Å². The number of halogens is 2. The smallest absolute Gasteiger partial charge is 0.410 e. The van der Waals surface area contributed by atoms with Gasteiger partial charge in [-0.1, -0.05) is 37.1 Å². The summed E-state index contributed by atoms with van der Waals surface area (Å²) >= 11 is 0. The van der Waals surface area contributed by atoms with Gasteiger partial charge in [0.05, 0.1) is 0 Å². The van der Waals surface area contributed by atoms with Crippen molar-refractivity contribution in [3.05, 3.63) is 72.3 Å². The summed E-state index contributed by atoms with van der Waals surface area (Å²) in [6, 6.07) is 15.3. The Bertz CT molecular complexity index is 1340. The number of hydrogen-bond donors (Lipinski definition) is 0. The topological polar surface area (TPSA) is 84.9 Å². The van der Waals surface area contributed by atoms with Gasteiger partial charge in [0.2, 0.25) is 0 Å². The van der Waals surface area contributed by atoms with Crippen molar-refractivity contribution in [3.8, 4) is 11.5 Å². The largest absolute Gasteiger partial charge is 0.414 e. The molecule has 0 N–H and O–H groups in total. The minimum Gasteiger partial charge on any atom is -0.410 e. The molecule has 0 saturated carbocycles. The minimum atomic E-state index is -0.401. The van der Waals surface area contributed by atoms with Gasteiger partial charge in [-0.25, -0.2) is 9.59 Å². The van der Waals surface area contributed by atoms with E-state index in [1.165, 1.54) is 9.80 Å². The molecule has 4 rings (SSSR count). The monoisotopic (exact) mass is 674 g/mol. The summed E-state index contributed by atoms with van der Waals surface area (Å²) in [6.07, 6.45) is 8.65. The van der Waals surface area contributed by atoms with Crippen molar-refractivity contribution in [2.45, 2.75) is 38.5 Å². The maximum atomic E-state index is 12.0. The number of ether oxygens (including phenoxy) is 2. The number of carbonyl (C=O) groups is 2. The molecule has 0 unspecified atom stereocenters. The van der Waals surface area contributed by atoms with Crippen molar-refractivity contribution in [2.24, 2.45) is 0 Å². The van der Waals surface area contributed by atoms with E-state index in [-0.39, 0.29) is 34.0 Å². The lowest BCUT2D eigenvalue weighted by atomic mass is 10.0. The van der Waals surface area contributed by atoms with E-state index < -0.39 is 12.2 Å². The molecule has 8 nitrogen and oxygen atoms in total. The Morgan fingerprint density at radius 3 is 1.38 bits per heavy atom. The molecule has 10 heteroatoms. The zero-order chi connectivity index (χ0) is 27.1. The number of fused-ring (bicyclic) bond motifs is 2. The molecule has 2 amide bonds. The lowest BCUT2D eigenvalue weighted by Gasteiger charge is -2.13. The number of benzene rings is 2. The highest BCUT2D eigenvalue weighted by Gasteiger charge is 2.13. The van der Waals surface area contributed by atoms with Gasteiger partial charge in [0.25, 0.3) is 0 Å². The summed E-state index contributed by atoms with van der Waals surface area (Å²) in [5.74, 6) is 1.10. The molecule has 0 bridgehead atoms. The Labute approximate surface area is 256 Å². The minimum absolute atomic E-state index is 0. The van der Waals surface area contributed by atoms with Gasteiger partial charge in [0.15, 0.2) is 0 Å². The van der Waals surface area contributed by atoms with E-state index in [0.717, 1.165) is 71.5 Å². The molecule has 0 aliphatic heterocycles. The molecule has 0 spiro atoms. The van der Waals surface area contributed by atoms with Crippen LogP contribution in [-0.4, -0.2) is 60.1 Å². The van der Waals surface area contributed by atoms with E-state index >= 15 is 0 Å². The number of carbonyl (C=O) groups excluding carboxylic acids is 2. The van der Waals surface area contributed by atoms with Gasteiger partial charge in [-0.15, -0.1) is 34.0 Å². The van der Waals surface area contributed by atoms with E-state index in [2.05, 4.69) is 9.97 Å². The van der Waals surface area contributed by atoms with Crippen LogP contribution < -0.4 is 9.47 Å². The van der Waals surface area contributed by atoms with Crippen molar-refractivity contribution >= 4 is 67.7 Å². The van der Waals surface area contributed by atoms with Crippen LogP contribution in [0.3, 0.4) is 0 Å². The van der Waals surface area contributed by atoms with Crippen LogP contribution in [0, 0.1) is 0 Å². The molecule has 214 valence electrons. The summed E-state index contributed by atoms with van der Waals surface area (Å²) < 4.78 is 11.1. The molecule has 0 saturated heterocycles. The summed E-state index contributed by atoms with van der Waals surface area (Å²) in [4.78, 5) is 36.1. The number of amides is 2. The molecule has 2 aromatic heterocycles. The maximum Gasteiger partial charge on any atom is 0.414 e. The van der Waals surface area contributed by atoms with E-state index in [1.807, 2.05) is 48.5 Å². The second-order valence-corrected chi connectivity index (χ2v) is 9.66. The molecule has 0 fully saturated rings. The maximum absolute atomic E-state index is 12.0. The number of hydrogen-bond acceptors (Lipinski definition) is 6. The second-order valence-electron chi connectivity index (χ2n) is 9.66. The number of rotatable bonds is 9. The third-order valence-corrected chi connectivity index (χ3v) is 6.40. The van der Waals surface area contributed by atoms with Crippen LogP contribution in [0.15, 0.2) is 60.9 Å². The fourth-order valence-electron chi connectivity index (χ4n) is 4.36. The number of aromatic nitrogens is 2. The first kappa shape index (κ1) is 33.0. The molecule has 2 heterocycles. The Kier molecular flexibility index (Phi) is 12.8. The third-order valence-electron chi connectivity index (χ3n) is 6.40. The van der Waals surface area contributed by atoms with E-state index in [9.17, 15) is 9.59 Å². The van der Waals surface area contributed by atoms with Crippen molar-refractivity contribution in [2.75, 3.05) is 28.2 Å². The van der Waals surface area contributed by atoms with Crippen LogP contribution in [0.25, 0.3) is 21.5 Å². The molecule has 0 radical (unpaired) electrons. The lowest BCUT2D eigenvalue weighted by Crippen LogP contribution is -2.25. The normalized spacial score (nSPS) is 10.4. The number of aryl methyl sites for hydroxylation is 2. The number of unbranched alkanes of at least 4 members (excludes halogenated alkanes) is 3. The van der Waals surface area contributed by atoms with Gasteiger partial charge in [-0.05, 0) is 49.9 Å². The SMILES string of the molecule is Br.Br.CN(C)C(=O)Oc1cccc2c(CCCCCCc3nccc4c(OC(=O)N(C)C)cccc34)nccc12. The highest BCUT2D eigenvalue weighted by Crippen LogP contribution is 2.29. The third kappa shape index (κ3) is 8.14. The van der Waals surface area contributed by atoms with Gasteiger partial charge in [0.1, 0.15) is 11.5 Å². The lowest BCUT2D eigenvalue weighted by molar-refractivity contribution is 0.171. The highest BCUT2D eigenvalue weighted by atomic mass is 79.9. The molecule has 4 aromatic rings. The zero-order valence-corrected chi connectivity index (χ0v) is 26.7. The average Bonchev–Trinajstić information content (AvgIpc) is 2.91. The standard InChI is InChI=1S/C30H34N4O4.2BrH/c1-33(2)29(35)37-27-15-9-11-21-23(27)17-19-31-25(21)13-7-5-6-8-14-26-22-12-10-16-28(24(22)18-20-32-26)38-30(36)34(3)4;;/h9-12,15-20H,5-8,13-14H2,1-4H3;2*1H. The first-order chi connectivity index (χ1) is 18.3. The first-order valence-corrected chi connectivity index (χ1v) is 12.9. The number of nitrogens with zero attached hydrogens (tertiary/aromatic N) is 4. The highest BCUT2D eigenvalue weighted by molar-refractivity contribution is 8.93. The molecular formula is C30H36Br2N4O4. The van der Waals surface area contributed by atoms with Crippen LogP contribution in [0.5, 0.6) is 11.5 Å². The van der Waals surface area contributed by atoms with Gasteiger partial charge in [-0.3, -0.25) is 9.97 Å². The molecule has 2 aromatic carbocycles. The van der Waals surface area contributed by atoms with Crippen LogP contribution in [0.2, 0.25) is 0 Å². The van der Waals surface area contributed by atoms with E-state index in [4.69, 9.17) is 9.47 Å². The summed E-state index contributed by atoms with van der Waals surface area (Å²) in [5.41, 5.74) is 2.03.